The zero-order chi connectivity index (χ0) is 11.8. The van der Waals surface area contributed by atoms with Crippen LogP contribution >= 0.6 is 11.8 Å². The quantitative estimate of drug-likeness (QED) is 0.679. The Hall–Kier alpha value is 0.310. The van der Waals surface area contributed by atoms with Crippen molar-refractivity contribution in [2.24, 2.45) is 5.92 Å². The molecule has 1 nitrogen and oxygen atoms in total. The van der Waals surface area contributed by atoms with Gasteiger partial charge in [-0.15, -0.1) is 0 Å². The fourth-order valence-corrected chi connectivity index (χ4v) is 3.00. The van der Waals surface area contributed by atoms with Crippen molar-refractivity contribution in [1.29, 1.82) is 0 Å². The van der Waals surface area contributed by atoms with Gasteiger partial charge in [-0.3, -0.25) is 0 Å². The summed E-state index contributed by atoms with van der Waals surface area (Å²) in [4.78, 5) is 0. The lowest BCUT2D eigenvalue weighted by Crippen LogP contribution is -2.29. The lowest BCUT2D eigenvalue weighted by atomic mass is 10.1. The first-order valence-corrected chi connectivity index (χ1v) is 7.30. The van der Waals surface area contributed by atoms with Crippen LogP contribution in [0, 0.1) is 5.92 Å². The molecule has 0 heterocycles. The summed E-state index contributed by atoms with van der Waals surface area (Å²) >= 11 is 2.13. The number of rotatable bonds is 8. The van der Waals surface area contributed by atoms with Gasteiger partial charge in [0.25, 0.3) is 0 Å². The van der Waals surface area contributed by atoms with E-state index in [0.29, 0.717) is 6.04 Å². The largest absolute Gasteiger partial charge is 0.314 e. The number of hydrogen-bond acceptors (Lipinski definition) is 2. The van der Waals surface area contributed by atoms with Gasteiger partial charge in [-0.2, -0.15) is 11.8 Å². The van der Waals surface area contributed by atoms with Crippen molar-refractivity contribution >= 4 is 11.8 Å². The summed E-state index contributed by atoms with van der Waals surface area (Å²) in [7, 11) is 0. The van der Waals surface area contributed by atoms with Crippen LogP contribution in [0.4, 0.5) is 0 Å². The topological polar surface area (TPSA) is 12.0 Å². The van der Waals surface area contributed by atoms with Gasteiger partial charge in [-0.1, -0.05) is 34.6 Å². The molecule has 0 spiro atoms. The molecule has 0 aliphatic carbocycles. The van der Waals surface area contributed by atoms with Gasteiger partial charge in [0.05, 0.1) is 0 Å². The molecule has 3 atom stereocenters. The summed E-state index contributed by atoms with van der Waals surface area (Å²) in [6.45, 7) is 15.0. The van der Waals surface area contributed by atoms with E-state index < -0.39 is 0 Å². The van der Waals surface area contributed by atoms with Crippen LogP contribution in [0.5, 0.6) is 0 Å². The van der Waals surface area contributed by atoms with Gasteiger partial charge >= 0.3 is 0 Å². The van der Waals surface area contributed by atoms with E-state index >= 15 is 0 Å². The van der Waals surface area contributed by atoms with E-state index in [1.807, 2.05) is 0 Å². The number of thioether (sulfide) groups is 1. The molecule has 0 aromatic carbocycles. The second-order valence-electron chi connectivity index (χ2n) is 4.99. The summed E-state index contributed by atoms with van der Waals surface area (Å²) in [5.41, 5.74) is 0. The lowest BCUT2D eigenvalue weighted by Gasteiger charge is -2.23. The van der Waals surface area contributed by atoms with E-state index in [4.69, 9.17) is 0 Å². The standard InChI is InChI=1S/C13H29NS/c1-7-8-14-11(4)9-12(5)15-13(6)10(2)3/h10-14H,7-9H2,1-6H3. The van der Waals surface area contributed by atoms with Gasteiger partial charge in [0.15, 0.2) is 0 Å². The third-order valence-corrected chi connectivity index (χ3v) is 4.44. The van der Waals surface area contributed by atoms with E-state index in [1.54, 1.807) is 0 Å². The highest BCUT2D eigenvalue weighted by molar-refractivity contribution is 8.00. The van der Waals surface area contributed by atoms with Gasteiger partial charge in [0.1, 0.15) is 0 Å². The van der Waals surface area contributed by atoms with Crippen molar-refractivity contribution in [1.82, 2.24) is 5.32 Å². The Labute approximate surface area is 101 Å². The molecule has 0 amide bonds. The van der Waals surface area contributed by atoms with Gasteiger partial charge < -0.3 is 5.32 Å². The van der Waals surface area contributed by atoms with Crippen molar-refractivity contribution in [2.75, 3.05) is 6.54 Å². The van der Waals surface area contributed by atoms with Crippen molar-refractivity contribution in [3.63, 3.8) is 0 Å². The van der Waals surface area contributed by atoms with E-state index in [0.717, 1.165) is 23.0 Å². The second-order valence-corrected chi connectivity index (χ2v) is 6.81. The Kier molecular flexibility index (Phi) is 8.64. The monoisotopic (exact) mass is 231 g/mol. The van der Waals surface area contributed by atoms with E-state index in [9.17, 15) is 0 Å². The Morgan fingerprint density at radius 1 is 1.07 bits per heavy atom. The molecule has 2 heteroatoms. The predicted molar refractivity (Wildman–Crippen MR) is 73.7 cm³/mol. The van der Waals surface area contributed by atoms with Gasteiger partial charge in [0.2, 0.25) is 0 Å². The zero-order valence-electron chi connectivity index (χ0n) is 11.3. The van der Waals surface area contributed by atoms with Crippen molar-refractivity contribution in [3.8, 4) is 0 Å². The maximum absolute atomic E-state index is 3.55. The average Bonchev–Trinajstić information content (AvgIpc) is 2.14. The van der Waals surface area contributed by atoms with Crippen LogP contribution in [0.3, 0.4) is 0 Å². The first-order chi connectivity index (χ1) is 6.97. The normalized spacial score (nSPS) is 17.8. The fourth-order valence-electron chi connectivity index (χ4n) is 1.55. The molecule has 15 heavy (non-hydrogen) atoms. The third kappa shape index (κ3) is 8.15. The van der Waals surface area contributed by atoms with Crippen LogP contribution in [0.2, 0.25) is 0 Å². The molecule has 92 valence electrons. The van der Waals surface area contributed by atoms with Crippen molar-refractivity contribution in [2.45, 2.75) is 70.9 Å². The molecule has 0 aliphatic heterocycles. The molecule has 0 rings (SSSR count). The highest BCUT2D eigenvalue weighted by Gasteiger charge is 2.14. The minimum atomic E-state index is 0.659. The summed E-state index contributed by atoms with van der Waals surface area (Å²) in [5.74, 6) is 0.788. The van der Waals surface area contributed by atoms with Crippen LogP contribution in [0.25, 0.3) is 0 Å². The molecule has 0 aromatic rings. The van der Waals surface area contributed by atoms with Crippen molar-refractivity contribution in [3.05, 3.63) is 0 Å². The Balaban J connectivity index is 3.67. The van der Waals surface area contributed by atoms with Crippen LogP contribution < -0.4 is 5.32 Å². The van der Waals surface area contributed by atoms with Crippen LogP contribution in [0.1, 0.15) is 54.4 Å². The van der Waals surface area contributed by atoms with Crippen molar-refractivity contribution < 1.29 is 0 Å². The Morgan fingerprint density at radius 3 is 2.13 bits per heavy atom. The van der Waals surface area contributed by atoms with Crippen LogP contribution in [0.15, 0.2) is 0 Å². The molecular formula is C13H29NS. The molecule has 0 aromatic heterocycles. The molecule has 3 unspecified atom stereocenters. The highest BCUT2D eigenvalue weighted by Crippen LogP contribution is 2.25. The zero-order valence-corrected chi connectivity index (χ0v) is 12.2. The predicted octanol–water partition coefficient (Wildman–Crippen LogP) is 3.93. The maximum atomic E-state index is 3.55. The van der Waals surface area contributed by atoms with E-state index in [1.165, 1.54) is 12.8 Å². The molecule has 1 N–H and O–H groups in total. The lowest BCUT2D eigenvalue weighted by molar-refractivity contribution is 0.511. The molecule has 0 fully saturated rings. The van der Waals surface area contributed by atoms with Gasteiger partial charge in [-0.05, 0) is 32.2 Å². The Morgan fingerprint density at radius 2 is 1.67 bits per heavy atom. The molecule has 0 radical (unpaired) electrons. The Bertz CT molecular complexity index is 147. The third-order valence-electron chi connectivity index (χ3n) is 2.81. The molecule has 0 saturated heterocycles. The van der Waals surface area contributed by atoms with Crippen LogP contribution in [-0.2, 0) is 0 Å². The fraction of sp³-hybridized carbons (Fsp3) is 1.00. The summed E-state index contributed by atoms with van der Waals surface area (Å²) in [6, 6.07) is 0.659. The molecule has 0 aliphatic rings. The second kappa shape index (κ2) is 8.46. The first-order valence-electron chi connectivity index (χ1n) is 6.36. The number of hydrogen-bond donors (Lipinski definition) is 1. The highest BCUT2D eigenvalue weighted by atomic mass is 32.2. The van der Waals surface area contributed by atoms with Gasteiger partial charge in [-0.25, -0.2) is 0 Å². The smallest absolute Gasteiger partial charge is 0.00491 e. The summed E-state index contributed by atoms with van der Waals surface area (Å²) in [5, 5.41) is 5.09. The SMILES string of the molecule is CCCNC(C)CC(C)SC(C)C(C)C. The molecule has 0 bridgehead atoms. The number of nitrogens with one attached hydrogen (secondary N) is 1. The maximum Gasteiger partial charge on any atom is 0.00491 e. The molecular weight excluding hydrogens is 202 g/mol. The minimum absolute atomic E-state index is 0.659. The van der Waals surface area contributed by atoms with Gasteiger partial charge in [0, 0.05) is 16.5 Å². The van der Waals surface area contributed by atoms with E-state index in [2.05, 4.69) is 58.6 Å². The average molecular weight is 231 g/mol. The summed E-state index contributed by atoms with van der Waals surface area (Å²) in [6.07, 6.45) is 2.51. The van der Waals surface area contributed by atoms with Crippen LogP contribution in [-0.4, -0.2) is 23.1 Å². The minimum Gasteiger partial charge on any atom is -0.314 e. The summed E-state index contributed by atoms with van der Waals surface area (Å²) < 4.78 is 0. The first kappa shape index (κ1) is 15.3. The van der Waals surface area contributed by atoms with E-state index in [-0.39, 0.29) is 0 Å². The molecule has 0 saturated carbocycles.